The molecule has 6 nitrogen and oxygen atoms in total. The first-order valence-corrected chi connectivity index (χ1v) is 8.84. The van der Waals surface area contributed by atoms with Crippen LogP contribution in [-0.4, -0.2) is 27.9 Å². The molecule has 0 fully saturated rings. The zero-order valence-corrected chi connectivity index (χ0v) is 15.4. The van der Waals surface area contributed by atoms with Crippen molar-refractivity contribution in [3.8, 4) is 17.1 Å². The highest BCUT2D eigenvalue weighted by Crippen LogP contribution is 2.26. The number of nitrogen functional groups attached to an aromatic ring is 1. The molecule has 0 radical (unpaired) electrons. The molecule has 4 rings (SSSR count). The first-order chi connectivity index (χ1) is 13.5. The van der Waals surface area contributed by atoms with E-state index in [0.29, 0.717) is 36.0 Å². The van der Waals surface area contributed by atoms with E-state index in [-0.39, 0.29) is 18.1 Å². The number of aromatic nitrogens is 2. The van der Waals surface area contributed by atoms with E-state index >= 15 is 0 Å². The smallest absolute Gasteiger partial charge is 0.229 e. The monoisotopic (exact) mass is 378 g/mol. The standard InChI is InChI=1S/C21H19FN4O2/c1-28-20-8-14-11-26(12-15(14)10-24-20)21(27)9-19-17(23)6-7-18(25-19)13-2-4-16(22)5-3-13/h2-8,10H,9,11-12,23H2,1H3. The van der Waals surface area contributed by atoms with Crippen molar-refractivity contribution < 1.29 is 13.9 Å². The summed E-state index contributed by atoms with van der Waals surface area (Å²) in [7, 11) is 1.56. The van der Waals surface area contributed by atoms with Crippen LogP contribution in [0.5, 0.6) is 5.88 Å². The Hall–Kier alpha value is -3.48. The second-order valence-corrected chi connectivity index (χ2v) is 6.66. The summed E-state index contributed by atoms with van der Waals surface area (Å²) in [5.41, 5.74) is 10.5. The van der Waals surface area contributed by atoms with E-state index < -0.39 is 0 Å². The minimum Gasteiger partial charge on any atom is -0.481 e. The number of halogens is 1. The van der Waals surface area contributed by atoms with Gasteiger partial charge in [0.15, 0.2) is 0 Å². The van der Waals surface area contributed by atoms with Gasteiger partial charge in [0.05, 0.1) is 30.6 Å². The molecule has 0 unspecified atom stereocenters. The van der Waals surface area contributed by atoms with E-state index in [4.69, 9.17) is 10.5 Å². The number of amides is 1. The van der Waals surface area contributed by atoms with Gasteiger partial charge in [0, 0.05) is 30.9 Å². The minimum atomic E-state index is -0.311. The Labute approximate surface area is 161 Å². The molecular weight excluding hydrogens is 359 g/mol. The number of fused-ring (bicyclic) bond motifs is 1. The van der Waals surface area contributed by atoms with E-state index in [2.05, 4.69) is 9.97 Å². The highest BCUT2D eigenvalue weighted by molar-refractivity contribution is 5.81. The van der Waals surface area contributed by atoms with Crippen molar-refractivity contribution in [2.45, 2.75) is 19.5 Å². The molecule has 0 saturated heterocycles. The van der Waals surface area contributed by atoms with Gasteiger partial charge in [-0.3, -0.25) is 9.78 Å². The molecule has 1 aliphatic heterocycles. The molecule has 0 saturated carbocycles. The average molecular weight is 378 g/mol. The molecule has 1 aliphatic rings. The molecule has 0 bridgehead atoms. The van der Waals surface area contributed by atoms with Crippen LogP contribution in [0, 0.1) is 5.82 Å². The summed E-state index contributed by atoms with van der Waals surface area (Å²) in [4.78, 5) is 23.3. The zero-order valence-electron chi connectivity index (χ0n) is 15.4. The Morgan fingerprint density at radius 2 is 1.93 bits per heavy atom. The minimum absolute atomic E-state index is 0.0642. The lowest BCUT2D eigenvalue weighted by Crippen LogP contribution is -2.27. The van der Waals surface area contributed by atoms with E-state index in [1.54, 1.807) is 42.5 Å². The fourth-order valence-corrected chi connectivity index (χ4v) is 3.24. The number of anilines is 1. The van der Waals surface area contributed by atoms with Gasteiger partial charge in [-0.1, -0.05) is 0 Å². The molecule has 0 atom stereocenters. The second kappa shape index (κ2) is 7.26. The van der Waals surface area contributed by atoms with E-state index in [1.165, 1.54) is 12.1 Å². The first kappa shape index (κ1) is 17.9. The molecular formula is C21H19FN4O2. The number of nitrogens with two attached hydrogens (primary N) is 1. The normalized spacial score (nSPS) is 12.7. The Kier molecular flexibility index (Phi) is 4.65. The van der Waals surface area contributed by atoms with Crippen LogP contribution in [0.3, 0.4) is 0 Å². The number of methoxy groups -OCH3 is 1. The molecule has 0 aliphatic carbocycles. The number of hydrogen-bond acceptors (Lipinski definition) is 5. The lowest BCUT2D eigenvalue weighted by molar-refractivity contribution is -0.131. The van der Waals surface area contributed by atoms with Crippen molar-refractivity contribution in [3.05, 3.63) is 71.3 Å². The number of pyridine rings is 2. The Morgan fingerprint density at radius 3 is 2.68 bits per heavy atom. The highest BCUT2D eigenvalue weighted by Gasteiger charge is 2.25. The summed E-state index contributed by atoms with van der Waals surface area (Å²) in [6.45, 7) is 1.01. The molecule has 142 valence electrons. The number of hydrogen-bond donors (Lipinski definition) is 1. The highest BCUT2D eigenvalue weighted by atomic mass is 19.1. The van der Waals surface area contributed by atoms with Gasteiger partial charge in [0.2, 0.25) is 11.8 Å². The van der Waals surface area contributed by atoms with Gasteiger partial charge in [-0.2, -0.15) is 0 Å². The summed E-state index contributed by atoms with van der Waals surface area (Å²) < 4.78 is 18.3. The fraction of sp³-hybridized carbons (Fsp3) is 0.190. The Morgan fingerprint density at radius 1 is 1.18 bits per heavy atom. The molecule has 1 aromatic carbocycles. The van der Waals surface area contributed by atoms with Crippen LogP contribution in [0.4, 0.5) is 10.1 Å². The van der Waals surface area contributed by atoms with Crippen molar-refractivity contribution in [2.75, 3.05) is 12.8 Å². The number of ether oxygens (including phenoxy) is 1. The van der Waals surface area contributed by atoms with Gasteiger partial charge < -0.3 is 15.4 Å². The molecule has 28 heavy (non-hydrogen) atoms. The SMILES string of the molecule is COc1cc2c(cn1)CN(C(=O)Cc1nc(-c3ccc(F)cc3)ccc1N)C2. The van der Waals surface area contributed by atoms with Crippen molar-refractivity contribution in [2.24, 2.45) is 0 Å². The van der Waals surface area contributed by atoms with E-state index in [0.717, 1.165) is 16.7 Å². The molecule has 2 aromatic heterocycles. The van der Waals surface area contributed by atoms with E-state index in [1.807, 2.05) is 6.07 Å². The zero-order chi connectivity index (χ0) is 19.7. The third-order valence-electron chi connectivity index (χ3n) is 4.81. The Bertz CT molecular complexity index is 1040. The number of benzene rings is 1. The maximum atomic E-state index is 13.1. The molecule has 7 heteroatoms. The summed E-state index contributed by atoms with van der Waals surface area (Å²) in [5, 5.41) is 0. The van der Waals surface area contributed by atoms with Crippen LogP contribution >= 0.6 is 0 Å². The van der Waals surface area contributed by atoms with Gasteiger partial charge in [-0.25, -0.2) is 9.37 Å². The molecule has 1 amide bonds. The quantitative estimate of drug-likeness (QED) is 0.755. The predicted molar refractivity (Wildman–Crippen MR) is 103 cm³/mol. The van der Waals surface area contributed by atoms with Gasteiger partial charge in [0.25, 0.3) is 0 Å². The fourth-order valence-electron chi connectivity index (χ4n) is 3.24. The number of carbonyl (C=O) groups excluding carboxylic acids is 1. The van der Waals surface area contributed by atoms with Gasteiger partial charge in [0.1, 0.15) is 5.82 Å². The lowest BCUT2D eigenvalue weighted by Gasteiger charge is -2.16. The molecule has 3 aromatic rings. The molecule has 2 N–H and O–H groups in total. The van der Waals surface area contributed by atoms with Gasteiger partial charge in [-0.05, 0) is 47.5 Å². The van der Waals surface area contributed by atoms with Crippen molar-refractivity contribution in [1.29, 1.82) is 0 Å². The maximum absolute atomic E-state index is 13.1. The number of nitrogens with zero attached hydrogens (tertiary/aromatic N) is 3. The van der Waals surface area contributed by atoms with Crippen LogP contribution < -0.4 is 10.5 Å². The summed E-state index contributed by atoms with van der Waals surface area (Å²) in [5.74, 6) is 0.158. The van der Waals surface area contributed by atoms with Crippen LogP contribution in [0.2, 0.25) is 0 Å². The number of carbonyl (C=O) groups is 1. The summed E-state index contributed by atoms with van der Waals surface area (Å²) in [6, 6.07) is 11.4. The summed E-state index contributed by atoms with van der Waals surface area (Å²) >= 11 is 0. The largest absolute Gasteiger partial charge is 0.481 e. The van der Waals surface area contributed by atoms with Crippen LogP contribution in [0.15, 0.2) is 48.7 Å². The van der Waals surface area contributed by atoms with E-state index in [9.17, 15) is 9.18 Å². The molecule has 0 spiro atoms. The van der Waals surface area contributed by atoms with Crippen LogP contribution in [0.1, 0.15) is 16.8 Å². The lowest BCUT2D eigenvalue weighted by atomic mass is 10.1. The van der Waals surface area contributed by atoms with Crippen molar-refractivity contribution >= 4 is 11.6 Å². The van der Waals surface area contributed by atoms with Crippen molar-refractivity contribution in [3.63, 3.8) is 0 Å². The molecule has 3 heterocycles. The van der Waals surface area contributed by atoms with Gasteiger partial charge in [-0.15, -0.1) is 0 Å². The third kappa shape index (κ3) is 3.51. The van der Waals surface area contributed by atoms with Gasteiger partial charge >= 0.3 is 0 Å². The second-order valence-electron chi connectivity index (χ2n) is 6.66. The predicted octanol–water partition coefficient (Wildman–Crippen LogP) is 2.96. The maximum Gasteiger partial charge on any atom is 0.229 e. The topological polar surface area (TPSA) is 81.3 Å². The third-order valence-corrected chi connectivity index (χ3v) is 4.81. The number of rotatable bonds is 4. The summed E-state index contributed by atoms with van der Waals surface area (Å²) in [6.07, 6.45) is 1.84. The van der Waals surface area contributed by atoms with Crippen molar-refractivity contribution in [1.82, 2.24) is 14.9 Å². The Balaban J connectivity index is 1.52. The van der Waals surface area contributed by atoms with Crippen LogP contribution in [-0.2, 0) is 24.3 Å². The van der Waals surface area contributed by atoms with Crippen LogP contribution in [0.25, 0.3) is 11.3 Å². The first-order valence-electron chi connectivity index (χ1n) is 8.84. The average Bonchev–Trinajstić information content (AvgIpc) is 3.13.